The van der Waals surface area contributed by atoms with Crippen LogP contribution in [-0.4, -0.2) is 28.9 Å². The summed E-state index contributed by atoms with van der Waals surface area (Å²) in [7, 11) is -2.02. The minimum Gasteiger partial charge on any atom is -0.374 e. The van der Waals surface area contributed by atoms with Crippen molar-refractivity contribution in [2.45, 2.75) is 77.2 Å². The van der Waals surface area contributed by atoms with Crippen molar-refractivity contribution < 1.29 is 4.74 Å². The Hall–Kier alpha value is 0.134. The average Bonchev–Trinajstić information content (AvgIpc) is 2.16. The maximum Gasteiger partial charge on any atom is 0.0680 e. The topological polar surface area (TPSA) is 9.23 Å². The van der Waals surface area contributed by atoms with Gasteiger partial charge in [-0.2, -0.15) is 0 Å². The molecule has 0 aliphatic carbocycles. The van der Waals surface area contributed by atoms with Gasteiger partial charge in [-0.3, -0.25) is 0 Å². The second kappa shape index (κ2) is 6.06. The van der Waals surface area contributed by atoms with E-state index in [1.807, 2.05) is 0 Å². The van der Waals surface area contributed by atoms with Crippen molar-refractivity contribution in [3.8, 4) is 0 Å². The zero-order valence-electron chi connectivity index (χ0n) is 13.5. The summed E-state index contributed by atoms with van der Waals surface area (Å²) in [6, 6.07) is 2.72. The van der Waals surface area contributed by atoms with Crippen molar-refractivity contribution in [2.24, 2.45) is 0 Å². The lowest BCUT2D eigenvalue weighted by atomic mass is 10.0. The summed E-state index contributed by atoms with van der Waals surface area (Å²) in [4.78, 5) is 0. The molecule has 1 nitrogen and oxygen atoms in total. The Bertz CT molecular complexity index is 307. The fraction of sp³-hybridized carbons (Fsp3) is 0.867. The molecule has 3 heteroatoms. The molecular formula is C15H32OSi2. The van der Waals surface area contributed by atoms with Crippen molar-refractivity contribution in [2.75, 3.05) is 6.61 Å². The van der Waals surface area contributed by atoms with Gasteiger partial charge in [-0.15, -0.1) is 0 Å². The molecule has 1 aliphatic rings. The molecule has 1 rings (SSSR count). The third kappa shape index (κ3) is 5.85. The Balaban J connectivity index is 2.88. The van der Waals surface area contributed by atoms with Gasteiger partial charge in [0.25, 0.3) is 0 Å². The highest BCUT2D eigenvalue weighted by atomic mass is 28.3. The molecule has 0 spiro atoms. The molecule has 1 aliphatic heterocycles. The first-order chi connectivity index (χ1) is 8.11. The zero-order chi connectivity index (χ0) is 14.0. The van der Waals surface area contributed by atoms with Crippen molar-refractivity contribution in [3.63, 3.8) is 0 Å². The van der Waals surface area contributed by atoms with E-state index in [1.54, 1.807) is 11.1 Å². The van der Waals surface area contributed by atoms with Crippen LogP contribution in [0.5, 0.6) is 0 Å². The van der Waals surface area contributed by atoms with E-state index in [0.717, 1.165) is 13.0 Å². The third-order valence-corrected chi connectivity index (χ3v) is 6.38. The van der Waals surface area contributed by atoms with Gasteiger partial charge in [-0.05, 0) is 30.5 Å². The molecule has 18 heavy (non-hydrogen) atoms. The van der Waals surface area contributed by atoms with E-state index in [2.05, 4.69) is 46.2 Å². The monoisotopic (exact) mass is 284 g/mol. The molecule has 1 unspecified atom stereocenters. The van der Waals surface area contributed by atoms with E-state index in [0.29, 0.717) is 6.10 Å². The molecule has 0 saturated heterocycles. The summed E-state index contributed by atoms with van der Waals surface area (Å²) in [6.07, 6.45) is 2.86. The number of ether oxygens (including phenoxy) is 1. The molecule has 1 heterocycles. The Labute approximate surface area is 116 Å². The van der Waals surface area contributed by atoms with Crippen LogP contribution in [0.1, 0.15) is 19.8 Å². The van der Waals surface area contributed by atoms with Crippen molar-refractivity contribution in [3.05, 3.63) is 11.1 Å². The molecule has 0 aromatic rings. The first-order valence-corrected chi connectivity index (χ1v) is 14.8. The Morgan fingerprint density at radius 2 is 1.44 bits per heavy atom. The van der Waals surface area contributed by atoms with E-state index in [9.17, 15) is 0 Å². The van der Waals surface area contributed by atoms with Crippen LogP contribution in [0, 0.1) is 0 Å². The van der Waals surface area contributed by atoms with Crippen LogP contribution >= 0.6 is 0 Å². The first-order valence-electron chi connectivity index (χ1n) is 7.42. The predicted octanol–water partition coefficient (Wildman–Crippen LogP) is 5.16. The van der Waals surface area contributed by atoms with Gasteiger partial charge in [0, 0.05) is 16.1 Å². The third-order valence-electron chi connectivity index (χ3n) is 3.41. The van der Waals surface area contributed by atoms with E-state index in [-0.39, 0.29) is 0 Å². The summed E-state index contributed by atoms with van der Waals surface area (Å²) in [5.74, 6) is 0. The maximum absolute atomic E-state index is 6.01. The van der Waals surface area contributed by atoms with Crippen LogP contribution in [0.15, 0.2) is 11.1 Å². The quantitative estimate of drug-likeness (QED) is 0.500. The van der Waals surface area contributed by atoms with Gasteiger partial charge in [-0.25, -0.2) is 0 Å². The lowest BCUT2D eigenvalue weighted by Gasteiger charge is -2.32. The molecule has 106 valence electrons. The number of hydrogen-bond donors (Lipinski definition) is 0. The standard InChI is InChI=1S/C15H32OSi2/c1-8-15-9-13(11-17(2,3)4)14(10-16-15)12-18(5,6)7/h15H,8-12H2,1-7H3. The van der Waals surface area contributed by atoms with Crippen LogP contribution in [0.2, 0.25) is 51.4 Å². The Kier molecular flexibility index (Phi) is 5.45. The lowest BCUT2D eigenvalue weighted by Crippen LogP contribution is -2.30. The lowest BCUT2D eigenvalue weighted by molar-refractivity contribution is 0.0557. The molecule has 0 aromatic carbocycles. The summed E-state index contributed by atoms with van der Waals surface area (Å²) < 4.78 is 6.01. The van der Waals surface area contributed by atoms with Gasteiger partial charge >= 0.3 is 0 Å². The fourth-order valence-corrected chi connectivity index (χ4v) is 6.02. The normalized spacial score (nSPS) is 22.5. The Morgan fingerprint density at radius 3 is 1.89 bits per heavy atom. The van der Waals surface area contributed by atoms with Crippen molar-refractivity contribution in [1.29, 1.82) is 0 Å². The van der Waals surface area contributed by atoms with Crippen LogP contribution in [0.25, 0.3) is 0 Å². The predicted molar refractivity (Wildman–Crippen MR) is 88.0 cm³/mol. The van der Waals surface area contributed by atoms with Crippen molar-refractivity contribution >= 4 is 16.1 Å². The highest BCUT2D eigenvalue weighted by Crippen LogP contribution is 2.33. The van der Waals surface area contributed by atoms with Gasteiger partial charge < -0.3 is 4.74 Å². The van der Waals surface area contributed by atoms with Crippen molar-refractivity contribution in [1.82, 2.24) is 0 Å². The van der Waals surface area contributed by atoms with Gasteiger partial charge in [0.15, 0.2) is 0 Å². The van der Waals surface area contributed by atoms with E-state index >= 15 is 0 Å². The molecule has 0 fully saturated rings. The minimum atomic E-state index is -1.02. The van der Waals surface area contributed by atoms with E-state index < -0.39 is 16.1 Å². The molecule has 0 aromatic heterocycles. The summed E-state index contributed by atoms with van der Waals surface area (Å²) in [6.45, 7) is 18.0. The van der Waals surface area contributed by atoms with Gasteiger partial charge in [0.2, 0.25) is 0 Å². The van der Waals surface area contributed by atoms with Crippen LogP contribution in [0.3, 0.4) is 0 Å². The summed E-state index contributed by atoms with van der Waals surface area (Å²) in [5, 5.41) is 0. The van der Waals surface area contributed by atoms with E-state index in [1.165, 1.54) is 18.5 Å². The second-order valence-corrected chi connectivity index (χ2v) is 19.2. The van der Waals surface area contributed by atoms with Gasteiger partial charge in [-0.1, -0.05) is 51.8 Å². The summed E-state index contributed by atoms with van der Waals surface area (Å²) in [5.41, 5.74) is 3.44. The molecule has 0 radical (unpaired) electrons. The summed E-state index contributed by atoms with van der Waals surface area (Å²) >= 11 is 0. The molecule has 1 atom stereocenters. The molecule has 0 N–H and O–H groups in total. The number of hydrogen-bond acceptors (Lipinski definition) is 1. The largest absolute Gasteiger partial charge is 0.374 e. The molecular weight excluding hydrogens is 252 g/mol. The second-order valence-electron chi connectivity index (χ2n) is 8.23. The average molecular weight is 285 g/mol. The SMILES string of the molecule is CCC1CC(C[Si](C)(C)C)=C(C[Si](C)(C)C)CO1. The number of rotatable bonds is 5. The highest BCUT2D eigenvalue weighted by Gasteiger charge is 2.27. The maximum atomic E-state index is 6.01. The fourth-order valence-electron chi connectivity index (χ4n) is 2.71. The van der Waals surface area contributed by atoms with Gasteiger partial charge in [0.05, 0.1) is 12.7 Å². The first kappa shape index (κ1) is 16.2. The Morgan fingerprint density at radius 1 is 0.944 bits per heavy atom. The highest BCUT2D eigenvalue weighted by molar-refractivity contribution is 6.77. The van der Waals surface area contributed by atoms with Crippen LogP contribution < -0.4 is 0 Å². The van der Waals surface area contributed by atoms with Crippen LogP contribution in [-0.2, 0) is 4.74 Å². The minimum absolute atomic E-state index is 0.488. The molecule has 0 bridgehead atoms. The van der Waals surface area contributed by atoms with E-state index in [4.69, 9.17) is 4.74 Å². The molecule has 0 saturated carbocycles. The van der Waals surface area contributed by atoms with Crippen LogP contribution in [0.4, 0.5) is 0 Å². The molecule has 0 amide bonds. The van der Waals surface area contributed by atoms with Gasteiger partial charge in [0.1, 0.15) is 0 Å². The zero-order valence-corrected chi connectivity index (χ0v) is 15.5. The smallest absolute Gasteiger partial charge is 0.0680 e.